The number of hydrogen-bond donors (Lipinski definition) is 1. The molecule has 1 N–H and O–H groups in total. The van der Waals surface area contributed by atoms with E-state index in [1.807, 2.05) is 11.8 Å². The van der Waals surface area contributed by atoms with Gasteiger partial charge in [0.15, 0.2) is 0 Å². The molecule has 1 aromatic carbocycles. The van der Waals surface area contributed by atoms with Crippen LogP contribution in [0.1, 0.15) is 6.92 Å². The van der Waals surface area contributed by atoms with Gasteiger partial charge in [0, 0.05) is 26.2 Å². The van der Waals surface area contributed by atoms with Crippen LogP contribution in [0.4, 0.5) is 10.1 Å². The predicted molar refractivity (Wildman–Crippen MR) is 78.1 cm³/mol. The lowest BCUT2D eigenvalue weighted by Gasteiger charge is -2.35. The number of nitrogens with one attached hydrogen (secondary N) is 1. The van der Waals surface area contributed by atoms with Crippen molar-refractivity contribution in [1.82, 2.24) is 9.80 Å². The Kier molecular flexibility index (Phi) is 5.26. The Morgan fingerprint density at radius 2 is 2.05 bits per heavy atom. The molecule has 1 heterocycles. The van der Waals surface area contributed by atoms with Crippen LogP contribution < -0.4 is 5.32 Å². The van der Waals surface area contributed by atoms with Gasteiger partial charge in [-0.15, -0.1) is 0 Å². The fraction of sp³-hybridized carbons (Fsp3) is 0.467. The lowest BCUT2D eigenvalue weighted by Crippen LogP contribution is -2.50. The summed E-state index contributed by atoms with van der Waals surface area (Å²) in [7, 11) is 0. The lowest BCUT2D eigenvalue weighted by atomic mass is 10.2. The van der Waals surface area contributed by atoms with E-state index in [4.69, 9.17) is 5.26 Å². The zero-order valence-electron chi connectivity index (χ0n) is 12.1. The van der Waals surface area contributed by atoms with E-state index in [-0.39, 0.29) is 24.2 Å². The molecule has 0 radical (unpaired) electrons. The predicted octanol–water partition coefficient (Wildman–Crippen LogP) is 1.29. The minimum Gasteiger partial charge on any atom is -0.322 e. The van der Waals surface area contributed by atoms with Gasteiger partial charge in [-0.25, -0.2) is 4.39 Å². The number of nitrogens with zero attached hydrogens (tertiary/aromatic N) is 3. The second kappa shape index (κ2) is 7.16. The van der Waals surface area contributed by atoms with E-state index in [1.54, 1.807) is 18.2 Å². The average molecular weight is 290 g/mol. The maximum absolute atomic E-state index is 13.4. The van der Waals surface area contributed by atoms with Crippen LogP contribution in [0.15, 0.2) is 24.3 Å². The second-order valence-electron chi connectivity index (χ2n) is 5.15. The molecule has 0 aromatic heterocycles. The molecule has 21 heavy (non-hydrogen) atoms. The first-order valence-electron chi connectivity index (χ1n) is 7.00. The highest BCUT2D eigenvalue weighted by atomic mass is 19.1. The molecule has 1 aromatic rings. The van der Waals surface area contributed by atoms with Crippen LogP contribution in [0.5, 0.6) is 0 Å². The zero-order valence-corrected chi connectivity index (χ0v) is 12.1. The minimum absolute atomic E-state index is 0.0978. The third-order valence-electron chi connectivity index (χ3n) is 3.66. The van der Waals surface area contributed by atoms with Crippen molar-refractivity contribution in [2.24, 2.45) is 0 Å². The van der Waals surface area contributed by atoms with Gasteiger partial charge in [-0.1, -0.05) is 12.1 Å². The number of nitriles is 1. The van der Waals surface area contributed by atoms with E-state index in [2.05, 4.69) is 16.3 Å². The summed E-state index contributed by atoms with van der Waals surface area (Å²) < 4.78 is 13.4. The molecule has 0 bridgehead atoms. The van der Waals surface area contributed by atoms with E-state index >= 15 is 0 Å². The third kappa shape index (κ3) is 4.25. The Hall–Kier alpha value is -1.97. The summed E-state index contributed by atoms with van der Waals surface area (Å²) >= 11 is 0. The summed E-state index contributed by atoms with van der Waals surface area (Å²) in [6.07, 6.45) is 0. The van der Waals surface area contributed by atoms with E-state index < -0.39 is 5.82 Å². The third-order valence-corrected chi connectivity index (χ3v) is 3.66. The number of carbonyl (C=O) groups excluding carboxylic acids is 1. The molecule has 0 saturated carbocycles. The lowest BCUT2D eigenvalue weighted by molar-refractivity contribution is -0.117. The van der Waals surface area contributed by atoms with Crippen molar-refractivity contribution in [3.63, 3.8) is 0 Å². The van der Waals surface area contributed by atoms with Crippen LogP contribution in [0.25, 0.3) is 0 Å². The van der Waals surface area contributed by atoms with Crippen molar-refractivity contribution in [2.75, 3.05) is 38.0 Å². The number of carbonyl (C=O) groups is 1. The molecule has 2 rings (SSSR count). The maximum atomic E-state index is 13.4. The molecular weight excluding hydrogens is 271 g/mol. The number of para-hydroxylation sites is 1. The molecule has 112 valence electrons. The van der Waals surface area contributed by atoms with Gasteiger partial charge in [0.05, 0.1) is 24.3 Å². The summed E-state index contributed by atoms with van der Waals surface area (Å²) in [6, 6.07) is 8.24. The number of rotatable bonds is 4. The van der Waals surface area contributed by atoms with Gasteiger partial charge in [-0.2, -0.15) is 5.26 Å². The first-order valence-corrected chi connectivity index (χ1v) is 7.00. The first kappa shape index (κ1) is 15.4. The van der Waals surface area contributed by atoms with E-state index in [9.17, 15) is 9.18 Å². The molecule has 5 nitrogen and oxygen atoms in total. The van der Waals surface area contributed by atoms with Gasteiger partial charge < -0.3 is 5.32 Å². The number of amides is 1. The zero-order chi connectivity index (χ0) is 15.2. The largest absolute Gasteiger partial charge is 0.322 e. The topological polar surface area (TPSA) is 59.4 Å². The monoisotopic (exact) mass is 290 g/mol. The van der Waals surface area contributed by atoms with Crippen LogP contribution in [-0.2, 0) is 4.79 Å². The molecule has 6 heteroatoms. The fourth-order valence-electron chi connectivity index (χ4n) is 2.35. The summed E-state index contributed by atoms with van der Waals surface area (Å²) in [5.74, 6) is -0.652. The van der Waals surface area contributed by atoms with Crippen molar-refractivity contribution < 1.29 is 9.18 Å². The van der Waals surface area contributed by atoms with Crippen molar-refractivity contribution in [1.29, 1.82) is 5.26 Å². The van der Waals surface area contributed by atoms with Crippen LogP contribution in [0.2, 0.25) is 0 Å². The average Bonchev–Trinajstić information content (AvgIpc) is 2.49. The van der Waals surface area contributed by atoms with Gasteiger partial charge in [0.2, 0.25) is 5.91 Å². The number of piperazine rings is 1. The minimum atomic E-state index is -0.432. The van der Waals surface area contributed by atoms with Crippen molar-refractivity contribution in [3.8, 4) is 6.07 Å². The summed E-state index contributed by atoms with van der Waals surface area (Å²) in [5.41, 5.74) is 0.208. The number of hydrogen-bond acceptors (Lipinski definition) is 4. The number of anilines is 1. The van der Waals surface area contributed by atoms with Gasteiger partial charge in [0.25, 0.3) is 0 Å². The number of benzene rings is 1. The van der Waals surface area contributed by atoms with Crippen molar-refractivity contribution in [3.05, 3.63) is 30.1 Å². The fourth-order valence-corrected chi connectivity index (χ4v) is 2.35. The highest BCUT2D eigenvalue weighted by Crippen LogP contribution is 2.12. The summed E-state index contributed by atoms with van der Waals surface area (Å²) in [6.45, 7) is 5.11. The summed E-state index contributed by atoms with van der Waals surface area (Å²) in [5, 5.41) is 11.5. The molecular formula is C15H19FN4O. The molecule has 1 aliphatic heterocycles. The molecule has 1 amide bonds. The second-order valence-corrected chi connectivity index (χ2v) is 5.15. The molecule has 1 unspecified atom stereocenters. The molecule has 1 saturated heterocycles. The quantitative estimate of drug-likeness (QED) is 0.908. The Bertz CT molecular complexity index is 535. The van der Waals surface area contributed by atoms with Crippen LogP contribution in [0.3, 0.4) is 0 Å². The Morgan fingerprint density at radius 3 is 2.67 bits per heavy atom. The smallest absolute Gasteiger partial charge is 0.238 e. The van der Waals surface area contributed by atoms with Gasteiger partial charge in [-0.3, -0.25) is 14.6 Å². The Balaban J connectivity index is 1.80. The molecule has 0 spiro atoms. The van der Waals surface area contributed by atoms with Crippen molar-refractivity contribution in [2.45, 2.75) is 13.0 Å². The van der Waals surface area contributed by atoms with E-state index in [1.165, 1.54) is 6.07 Å². The standard InChI is InChI=1S/C15H19FN4O/c1-12(10-17)20-8-6-19(7-9-20)11-15(21)18-14-5-3-2-4-13(14)16/h2-5,12H,6-9,11H2,1H3,(H,18,21). The Morgan fingerprint density at radius 1 is 1.38 bits per heavy atom. The maximum Gasteiger partial charge on any atom is 0.238 e. The normalized spacial score (nSPS) is 18.0. The van der Waals surface area contributed by atoms with Gasteiger partial charge in [-0.05, 0) is 19.1 Å². The van der Waals surface area contributed by atoms with Gasteiger partial charge in [0.1, 0.15) is 5.82 Å². The first-order chi connectivity index (χ1) is 10.1. The van der Waals surface area contributed by atoms with Crippen molar-refractivity contribution >= 4 is 11.6 Å². The SMILES string of the molecule is CC(C#N)N1CCN(CC(=O)Nc2ccccc2F)CC1. The molecule has 0 aliphatic carbocycles. The van der Waals surface area contributed by atoms with Gasteiger partial charge >= 0.3 is 0 Å². The van der Waals surface area contributed by atoms with E-state index in [0.29, 0.717) is 0 Å². The van der Waals surface area contributed by atoms with E-state index in [0.717, 1.165) is 26.2 Å². The van der Waals surface area contributed by atoms with Crippen LogP contribution >= 0.6 is 0 Å². The number of halogens is 1. The highest BCUT2D eigenvalue weighted by molar-refractivity contribution is 5.92. The van der Waals surface area contributed by atoms with Crippen LogP contribution in [-0.4, -0.2) is 54.5 Å². The summed E-state index contributed by atoms with van der Waals surface area (Å²) in [4.78, 5) is 16.0. The highest BCUT2D eigenvalue weighted by Gasteiger charge is 2.22. The molecule has 1 aliphatic rings. The molecule has 1 atom stereocenters. The Labute approximate surface area is 123 Å². The molecule has 1 fully saturated rings. The van der Waals surface area contributed by atoms with Crippen LogP contribution in [0, 0.1) is 17.1 Å².